The van der Waals surface area contributed by atoms with Crippen molar-refractivity contribution < 1.29 is 42.8 Å². The number of aliphatic hydroxyl groups excluding tert-OH is 2. The molecule has 0 radical (unpaired) electrons. The van der Waals surface area contributed by atoms with E-state index in [-0.39, 0.29) is 0 Å². The van der Waals surface area contributed by atoms with Crippen LogP contribution in [-0.4, -0.2) is 50.6 Å². The van der Waals surface area contributed by atoms with Gasteiger partial charge in [-0.3, -0.25) is 0 Å². The van der Waals surface area contributed by atoms with Crippen LogP contribution < -0.4 is 0 Å². The first-order chi connectivity index (χ1) is 6.85. The van der Waals surface area contributed by atoms with Gasteiger partial charge in [0.1, 0.15) is 13.2 Å². The van der Waals surface area contributed by atoms with E-state index in [1.54, 1.807) is 0 Å². The fourth-order valence-corrected chi connectivity index (χ4v) is 0. The zero-order valence-corrected chi connectivity index (χ0v) is 8.89. The van der Waals surface area contributed by atoms with E-state index in [1.807, 2.05) is 0 Å². The van der Waals surface area contributed by atoms with E-state index < -0.39 is 30.1 Å². The number of carbonyl (C=O) groups is 1. The van der Waals surface area contributed by atoms with E-state index in [4.69, 9.17) is 25.2 Å². The Kier molecular flexibility index (Phi) is 12.6. The molecule has 5 nitrogen and oxygen atoms in total. The topological polar surface area (TPSA) is 98.0 Å². The highest BCUT2D eigenvalue weighted by Gasteiger charge is 2.22. The van der Waals surface area contributed by atoms with Crippen molar-refractivity contribution in [3.63, 3.8) is 0 Å². The van der Waals surface area contributed by atoms with Crippen molar-refractivity contribution in [3.05, 3.63) is 0 Å². The minimum Gasteiger partial charge on any atom is -0.450 e. The van der Waals surface area contributed by atoms with E-state index in [1.165, 1.54) is 0 Å². The summed E-state index contributed by atoms with van der Waals surface area (Å²) in [4.78, 5) is 8.56. The average Bonchev–Trinajstić information content (AvgIpc) is 2.02. The van der Waals surface area contributed by atoms with Gasteiger partial charge in [-0.05, 0) is 23.2 Å². The van der Waals surface area contributed by atoms with Gasteiger partial charge < -0.3 is 20.4 Å². The Balaban J connectivity index is -0.000000162. The summed E-state index contributed by atoms with van der Waals surface area (Å²) >= 11 is 8.27. The van der Waals surface area contributed by atoms with Gasteiger partial charge in [-0.1, -0.05) is 0 Å². The maximum absolute atomic E-state index is 11.0. The molecule has 0 aromatic rings. The van der Waals surface area contributed by atoms with Crippen LogP contribution in [-0.2, 0) is 0 Å². The summed E-state index contributed by atoms with van der Waals surface area (Å²) in [6.07, 6.45) is -1.83. The Hall–Kier alpha value is -0.510. The highest BCUT2D eigenvalue weighted by atomic mass is 35.5. The van der Waals surface area contributed by atoms with Crippen LogP contribution in [0.2, 0.25) is 0 Å². The summed E-state index contributed by atoms with van der Waals surface area (Å²) in [6.45, 7) is -2.59. The maximum atomic E-state index is 11.0. The lowest BCUT2D eigenvalue weighted by molar-refractivity contribution is 0.0283. The van der Waals surface area contributed by atoms with Crippen molar-refractivity contribution >= 4 is 29.4 Å². The molecule has 0 saturated heterocycles. The molecule has 0 unspecified atom stereocenters. The summed E-state index contributed by atoms with van der Waals surface area (Å²) < 4.78 is 43.9. The van der Waals surface area contributed by atoms with E-state index in [0.717, 1.165) is 0 Å². The lowest BCUT2D eigenvalue weighted by Gasteiger charge is -1.97. The summed E-state index contributed by atoms with van der Waals surface area (Å²) in [7, 11) is 0. The Morgan fingerprint density at radius 1 is 0.938 bits per heavy atom. The van der Waals surface area contributed by atoms with Gasteiger partial charge >= 0.3 is 16.9 Å². The smallest absolute Gasteiger partial charge is 0.450 e. The van der Waals surface area contributed by atoms with Gasteiger partial charge in [-0.2, -0.15) is 17.6 Å². The predicted molar refractivity (Wildman–Crippen MR) is 46.4 cm³/mol. The average molecular weight is 295 g/mol. The minimum absolute atomic E-state index is 1.30. The number of halogens is 6. The molecule has 0 atom stereocenters. The number of hydrogen-bond acceptors (Lipinski definition) is 3. The number of alkyl halides is 6. The second kappa shape index (κ2) is 9.70. The lowest BCUT2D eigenvalue weighted by atomic mass is 10.8. The molecule has 0 aliphatic heterocycles. The first-order valence-corrected chi connectivity index (χ1v) is 3.88. The highest BCUT2D eigenvalue weighted by molar-refractivity contribution is 6.22. The zero-order valence-electron chi connectivity index (χ0n) is 7.38. The molecule has 0 fully saturated rings. The van der Waals surface area contributed by atoms with E-state index in [2.05, 4.69) is 23.2 Å². The second-order valence-corrected chi connectivity index (χ2v) is 2.94. The van der Waals surface area contributed by atoms with E-state index >= 15 is 0 Å². The second-order valence-electron chi connectivity index (χ2n) is 1.83. The van der Waals surface area contributed by atoms with E-state index in [9.17, 15) is 17.6 Å². The third-order valence-corrected chi connectivity index (χ3v) is 0.598. The zero-order chi connectivity index (χ0) is 14.0. The van der Waals surface area contributed by atoms with E-state index in [0.29, 0.717) is 0 Å². The van der Waals surface area contributed by atoms with Crippen molar-refractivity contribution in [1.29, 1.82) is 0 Å². The van der Waals surface area contributed by atoms with Crippen LogP contribution in [0.1, 0.15) is 0 Å². The molecule has 4 N–H and O–H groups in total. The summed E-state index contributed by atoms with van der Waals surface area (Å²) in [5, 5.41) is 22.1. The number of hydrogen-bond donors (Lipinski definition) is 4. The fourth-order valence-electron chi connectivity index (χ4n) is 0. The van der Waals surface area contributed by atoms with Crippen molar-refractivity contribution in [2.75, 3.05) is 13.2 Å². The molecule has 0 saturated carbocycles. The molecule has 11 heteroatoms. The maximum Gasteiger partial charge on any atom is 0.503 e. The van der Waals surface area contributed by atoms with Gasteiger partial charge in [0, 0.05) is 0 Å². The molecule has 16 heavy (non-hydrogen) atoms. The molecular weight excluding hydrogens is 287 g/mol. The first kappa shape index (κ1) is 20.8. The third kappa shape index (κ3) is 69.8. The van der Waals surface area contributed by atoms with Crippen LogP contribution >= 0.6 is 23.2 Å². The summed E-state index contributed by atoms with van der Waals surface area (Å²) in [5.41, 5.74) is 0. The van der Waals surface area contributed by atoms with Gasteiger partial charge in [0.15, 0.2) is 0 Å². The quantitative estimate of drug-likeness (QED) is 0.460. The SMILES string of the molecule is O=C(O)O.OCC(F)(F)Cl.OCC(F)(F)Cl. The molecule has 0 aliphatic rings. The molecule has 100 valence electrons. The van der Waals surface area contributed by atoms with Gasteiger partial charge in [0.05, 0.1) is 0 Å². The molecule has 0 heterocycles. The molecule has 0 aromatic heterocycles. The largest absolute Gasteiger partial charge is 0.503 e. The highest BCUT2D eigenvalue weighted by Crippen LogP contribution is 2.16. The van der Waals surface area contributed by atoms with Gasteiger partial charge in [0.2, 0.25) is 0 Å². The molecule has 0 aliphatic carbocycles. The lowest BCUT2D eigenvalue weighted by Crippen LogP contribution is -2.10. The summed E-state index contributed by atoms with van der Waals surface area (Å²) in [6, 6.07) is 0. The fraction of sp³-hybridized carbons (Fsp3) is 0.800. The van der Waals surface area contributed by atoms with Crippen LogP contribution in [0.15, 0.2) is 0 Å². The van der Waals surface area contributed by atoms with Crippen molar-refractivity contribution in [2.45, 2.75) is 10.8 Å². The van der Waals surface area contributed by atoms with Gasteiger partial charge in [-0.25, -0.2) is 4.79 Å². The van der Waals surface area contributed by atoms with Gasteiger partial charge in [0.25, 0.3) is 0 Å². The Labute approximate surface area is 96.8 Å². The first-order valence-electron chi connectivity index (χ1n) is 3.12. The van der Waals surface area contributed by atoms with Crippen molar-refractivity contribution in [3.8, 4) is 0 Å². The van der Waals surface area contributed by atoms with Crippen LogP contribution in [0.3, 0.4) is 0 Å². The van der Waals surface area contributed by atoms with Crippen LogP contribution in [0.5, 0.6) is 0 Å². The number of rotatable bonds is 2. The van der Waals surface area contributed by atoms with Crippen molar-refractivity contribution in [2.24, 2.45) is 0 Å². The Morgan fingerprint density at radius 2 is 1.00 bits per heavy atom. The van der Waals surface area contributed by atoms with Gasteiger partial charge in [-0.15, -0.1) is 0 Å². The standard InChI is InChI=1S/2C2H3ClF2O.CH2O3/c2*3-2(4,5)1-6;2-1(3)4/h2*6H,1H2;(H2,2,3,4). The monoisotopic (exact) mass is 294 g/mol. The Bertz CT molecular complexity index is 163. The normalized spacial score (nSPS) is 10.5. The molecule has 0 spiro atoms. The molecule has 0 bridgehead atoms. The predicted octanol–water partition coefficient (Wildman–Crippen LogP) is 1.84. The van der Waals surface area contributed by atoms with Crippen molar-refractivity contribution in [1.82, 2.24) is 0 Å². The number of aliphatic hydroxyl groups is 2. The number of carboxylic acid groups (broad SMARTS) is 2. The molecule has 0 aromatic carbocycles. The minimum atomic E-state index is -3.43. The summed E-state index contributed by atoms with van der Waals surface area (Å²) in [5.74, 6) is 0. The molecular formula is C5H8Cl2F4O5. The van der Waals surface area contributed by atoms with Crippen LogP contribution in [0.4, 0.5) is 22.4 Å². The Morgan fingerprint density at radius 3 is 1.00 bits per heavy atom. The third-order valence-electron chi connectivity index (χ3n) is 0.359. The van der Waals surface area contributed by atoms with Crippen LogP contribution in [0, 0.1) is 0 Å². The molecule has 0 rings (SSSR count). The van der Waals surface area contributed by atoms with Crippen LogP contribution in [0.25, 0.3) is 0 Å². The molecule has 0 amide bonds.